The summed E-state index contributed by atoms with van der Waals surface area (Å²) < 4.78 is 5.12. The number of halogens is 1. The van der Waals surface area contributed by atoms with Crippen LogP contribution in [0.4, 0.5) is 0 Å². The largest absolute Gasteiger partial charge is 0.449 e. The summed E-state index contributed by atoms with van der Waals surface area (Å²) in [6.45, 7) is 1.91. The minimum atomic E-state index is -0.176. The van der Waals surface area contributed by atoms with Crippen LogP contribution in [-0.2, 0) is 9.53 Å². The van der Waals surface area contributed by atoms with Gasteiger partial charge in [-0.25, -0.2) is 0 Å². The number of thioether (sulfide) groups is 1. The highest BCUT2D eigenvalue weighted by atomic mass is 79.9. The number of benzene rings is 1. The number of alkyl halides is 1. The molecule has 1 fully saturated rings. The Bertz CT molecular complexity index is 355. The smallest absolute Gasteiger partial charge is 0.311 e. The number of carbonyl (C=O) groups is 1. The molecule has 2 nitrogen and oxygen atoms in total. The molecular formula is C11H11BrO2S. The fraction of sp³-hybridized carbons (Fsp3) is 0.364. The SMILES string of the molecule is C[C@@H]1C(=O)O[C@@H](Br)[C@H]1Sc1ccccc1. The van der Waals surface area contributed by atoms with Gasteiger partial charge in [-0.1, -0.05) is 25.1 Å². The lowest BCUT2D eigenvalue weighted by molar-refractivity contribution is -0.141. The van der Waals surface area contributed by atoms with E-state index in [4.69, 9.17) is 4.74 Å². The zero-order chi connectivity index (χ0) is 10.8. The molecule has 0 radical (unpaired) electrons. The van der Waals surface area contributed by atoms with Crippen molar-refractivity contribution in [1.82, 2.24) is 0 Å². The third kappa shape index (κ3) is 2.37. The standard InChI is InChI=1S/C11H11BrO2S/c1-7-9(10(12)14-11(7)13)15-8-5-3-2-4-6-8/h2-7,9-10H,1H3/t7-,9-,10+/m0/s1. The van der Waals surface area contributed by atoms with Gasteiger partial charge in [0.1, 0.15) is 0 Å². The highest BCUT2D eigenvalue weighted by molar-refractivity contribution is 9.09. The Balaban J connectivity index is 2.09. The molecule has 0 aromatic heterocycles. The average Bonchev–Trinajstić information content (AvgIpc) is 2.47. The Labute approximate surface area is 102 Å². The van der Waals surface area contributed by atoms with Gasteiger partial charge in [-0.2, -0.15) is 0 Å². The van der Waals surface area contributed by atoms with Crippen molar-refractivity contribution in [1.29, 1.82) is 0 Å². The van der Waals surface area contributed by atoms with Crippen molar-refractivity contribution in [3.63, 3.8) is 0 Å². The van der Waals surface area contributed by atoms with Crippen molar-refractivity contribution in [2.45, 2.75) is 22.1 Å². The van der Waals surface area contributed by atoms with Crippen molar-refractivity contribution < 1.29 is 9.53 Å². The molecule has 2 rings (SSSR count). The molecule has 3 atom stereocenters. The zero-order valence-corrected chi connectivity index (χ0v) is 10.6. The lowest BCUT2D eigenvalue weighted by Gasteiger charge is -2.13. The summed E-state index contributed by atoms with van der Waals surface area (Å²) in [7, 11) is 0. The summed E-state index contributed by atoms with van der Waals surface area (Å²) >= 11 is 5.06. The van der Waals surface area contributed by atoms with Gasteiger partial charge in [-0.15, -0.1) is 11.8 Å². The van der Waals surface area contributed by atoms with E-state index in [0.29, 0.717) is 0 Å². The lowest BCUT2D eigenvalue weighted by atomic mass is 10.1. The molecule has 1 aromatic rings. The number of ether oxygens (including phenoxy) is 1. The Morgan fingerprint density at radius 3 is 2.53 bits per heavy atom. The molecule has 1 aromatic carbocycles. The Kier molecular flexibility index (Phi) is 3.36. The summed E-state index contributed by atoms with van der Waals surface area (Å²) in [4.78, 5) is 12.5. The number of hydrogen-bond acceptors (Lipinski definition) is 3. The first kappa shape index (κ1) is 11.0. The summed E-state index contributed by atoms with van der Waals surface area (Å²) in [5.41, 5.74) is 0. The van der Waals surface area contributed by atoms with Gasteiger partial charge < -0.3 is 4.74 Å². The predicted octanol–water partition coefficient (Wildman–Crippen LogP) is 3.06. The average molecular weight is 287 g/mol. The molecule has 0 aliphatic carbocycles. The molecule has 0 unspecified atom stereocenters. The number of rotatable bonds is 2. The molecule has 4 heteroatoms. The maximum atomic E-state index is 11.3. The van der Waals surface area contributed by atoms with E-state index in [9.17, 15) is 4.79 Å². The summed E-state index contributed by atoms with van der Waals surface area (Å²) in [6, 6.07) is 10.1. The first-order valence-corrected chi connectivity index (χ1v) is 6.54. The third-order valence-corrected chi connectivity index (χ3v) is 4.95. The van der Waals surface area contributed by atoms with Crippen molar-refractivity contribution >= 4 is 33.7 Å². The molecular weight excluding hydrogens is 276 g/mol. The lowest BCUT2D eigenvalue weighted by Crippen LogP contribution is -2.17. The van der Waals surface area contributed by atoms with E-state index in [1.807, 2.05) is 37.3 Å². The Hall–Kier alpha value is -0.480. The van der Waals surface area contributed by atoms with Crippen LogP contribution in [-0.4, -0.2) is 16.2 Å². The zero-order valence-electron chi connectivity index (χ0n) is 8.22. The third-order valence-electron chi connectivity index (χ3n) is 2.37. The van der Waals surface area contributed by atoms with Gasteiger partial charge in [0.05, 0.1) is 11.2 Å². The number of cyclic esters (lactones) is 1. The first-order valence-electron chi connectivity index (χ1n) is 4.75. The number of hydrogen-bond donors (Lipinski definition) is 0. The second-order valence-electron chi connectivity index (χ2n) is 3.47. The quantitative estimate of drug-likeness (QED) is 0.617. The molecule has 1 aliphatic heterocycles. The van der Waals surface area contributed by atoms with E-state index in [2.05, 4.69) is 15.9 Å². The van der Waals surface area contributed by atoms with Crippen LogP contribution in [0.2, 0.25) is 0 Å². The summed E-state index contributed by atoms with van der Waals surface area (Å²) in [5, 5.41) is -0.0230. The Morgan fingerprint density at radius 2 is 2.00 bits per heavy atom. The van der Waals surface area contributed by atoms with E-state index in [1.54, 1.807) is 11.8 Å². The minimum absolute atomic E-state index is 0.0559. The van der Waals surface area contributed by atoms with E-state index in [0.717, 1.165) is 4.90 Å². The first-order chi connectivity index (χ1) is 7.18. The van der Waals surface area contributed by atoms with Gasteiger partial charge in [0, 0.05) is 4.90 Å². The van der Waals surface area contributed by atoms with Crippen LogP contribution in [0, 0.1) is 5.92 Å². The number of esters is 1. The van der Waals surface area contributed by atoms with Gasteiger partial charge in [0.2, 0.25) is 0 Å². The van der Waals surface area contributed by atoms with Crippen LogP contribution in [0.1, 0.15) is 6.92 Å². The molecule has 1 saturated heterocycles. The van der Waals surface area contributed by atoms with Crippen LogP contribution in [0.25, 0.3) is 0 Å². The molecule has 0 amide bonds. The van der Waals surface area contributed by atoms with Crippen molar-refractivity contribution in [2.75, 3.05) is 0 Å². The monoisotopic (exact) mass is 286 g/mol. The van der Waals surface area contributed by atoms with Gasteiger partial charge in [-0.3, -0.25) is 4.79 Å². The maximum Gasteiger partial charge on any atom is 0.311 e. The van der Waals surface area contributed by atoms with Gasteiger partial charge in [-0.05, 0) is 28.1 Å². The van der Waals surface area contributed by atoms with E-state index < -0.39 is 0 Å². The second kappa shape index (κ2) is 4.58. The van der Waals surface area contributed by atoms with Crippen LogP contribution in [0.15, 0.2) is 35.2 Å². The van der Waals surface area contributed by atoms with Crippen LogP contribution in [0.5, 0.6) is 0 Å². The minimum Gasteiger partial charge on any atom is -0.449 e. The maximum absolute atomic E-state index is 11.3. The molecule has 80 valence electrons. The van der Waals surface area contributed by atoms with E-state index in [-0.39, 0.29) is 22.2 Å². The topological polar surface area (TPSA) is 26.3 Å². The normalized spacial score (nSPS) is 30.3. The fourth-order valence-electron chi connectivity index (χ4n) is 1.46. The highest BCUT2D eigenvalue weighted by Gasteiger charge is 2.40. The van der Waals surface area contributed by atoms with E-state index >= 15 is 0 Å². The Morgan fingerprint density at radius 1 is 1.33 bits per heavy atom. The van der Waals surface area contributed by atoms with E-state index in [1.165, 1.54) is 0 Å². The summed E-state index contributed by atoms with van der Waals surface area (Å²) in [5.74, 6) is -0.176. The molecule has 1 aliphatic rings. The van der Waals surface area contributed by atoms with Crippen LogP contribution >= 0.6 is 27.7 Å². The van der Waals surface area contributed by atoms with Crippen molar-refractivity contribution in [2.24, 2.45) is 5.92 Å². The molecule has 0 N–H and O–H groups in total. The van der Waals surface area contributed by atoms with Crippen LogP contribution < -0.4 is 0 Å². The molecule has 1 heterocycles. The molecule has 0 bridgehead atoms. The second-order valence-corrected chi connectivity index (χ2v) is 5.63. The van der Waals surface area contributed by atoms with Crippen LogP contribution in [0.3, 0.4) is 0 Å². The summed E-state index contributed by atoms with van der Waals surface area (Å²) in [6.07, 6.45) is 0. The fourth-order valence-corrected chi connectivity index (χ4v) is 3.53. The highest BCUT2D eigenvalue weighted by Crippen LogP contribution is 2.38. The van der Waals surface area contributed by atoms with Gasteiger partial charge >= 0.3 is 5.97 Å². The molecule has 0 spiro atoms. The number of carbonyl (C=O) groups excluding carboxylic acids is 1. The molecule has 0 saturated carbocycles. The molecule has 15 heavy (non-hydrogen) atoms. The van der Waals surface area contributed by atoms with Crippen molar-refractivity contribution in [3.8, 4) is 0 Å². The van der Waals surface area contributed by atoms with Gasteiger partial charge in [0.15, 0.2) is 5.01 Å². The van der Waals surface area contributed by atoms with Crippen molar-refractivity contribution in [3.05, 3.63) is 30.3 Å². The predicted molar refractivity (Wildman–Crippen MR) is 64.1 cm³/mol. The van der Waals surface area contributed by atoms with Gasteiger partial charge in [0.25, 0.3) is 0 Å².